The van der Waals surface area contributed by atoms with Crippen molar-refractivity contribution in [1.29, 1.82) is 0 Å². The van der Waals surface area contributed by atoms with E-state index in [1.54, 1.807) is 17.1 Å². The molecule has 0 spiro atoms. The van der Waals surface area contributed by atoms with Crippen molar-refractivity contribution in [2.24, 2.45) is 5.73 Å². The molecule has 2 unspecified atom stereocenters. The van der Waals surface area contributed by atoms with Gasteiger partial charge in [0.2, 0.25) is 5.91 Å². The van der Waals surface area contributed by atoms with Gasteiger partial charge in [0.05, 0.1) is 24.1 Å². The molecular weight excluding hydrogens is 290 g/mol. The molecule has 0 fully saturated rings. The molecule has 0 aliphatic carbocycles. The summed E-state index contributed by atoms with van der Waals surface area (Å²) in [7, 11) is 0. The molecule has 2 aromatic rings. The van der Waals surface area contributed by atoms with Gasteiger partial charge in [-0.1, -0.05) is 17.3 Å². The number of nitrogens with zero attached hydrogens (tertiary/aromatic N) is 3. The first-order valence-corrected chi connectivity index (χ1v) is 6.58. The maximum absolute atomic E-state index is 11.7. The number of nitrogens with one attached hydrogen (secondary N) is 1. The van der Waals surface area contributed by atoms with Crippen molar-refractivity contribution in [2.45, 2.75) is 32.4 Å². The standard InChI is InChI=1S/C14H19N5O.ClH/c1-10(15)9-14(20)17-11(2)12-3-5-13(6-4-12)19-8-7-16-18-19;/h3-8,10-11H,9,15H2,1-2H3,(H,17,20);1H. The fourth-order valence-electron chi connectivity index (χ4n) is 1.94. The molecule has 2 atom stereocenters. The average molecular weight is 310 g/mol. The first-order chi connectivity index (χ1) is 9.56. The monoisotopic (exact) mass is 309 g/mol. The van der Waals surface area contributed by atoms with E-state index in [2.05, 4.69) is 15.6 Å². The first kappa shape index (κ1) is 17.1. The second-order valence-corrected chi connectivity index (χ2v) is 4.91. The van der Waals surface area contributed by atoms with E-state index >= 15 is 0 Å². The Balaban J connectivity index is 0.00000220. The molecule has 7 heteroatoms. The number of benzene rings is 1. The summed E-state index contributed by atoms with van der Waals surface area (Å²) in [5.41, 5.74) is 7.57. The van der Waals surface area contributed by atoms with E-state index in [1.165, 1.54) is 0 Å². The molecular formula is C14H20ClN5O. The van der Waals surface area contributed by atoms with Crippen LogP contribution in [0, 0.1) is 0 Å². The summed E-state index contributed by atoms with van der Waals surface area (Å²) in [6.07, 6.45) is 3.75. The Morgan fingerprint density at radius 1 is 1.33 bits per heavy atom. The van der Waals surface area contributed by atoms with Gasteiger partial charge < -0.3 is 11.1 Å². The van der Waals surface area contributed by atoms with Crippen LogP contribution < -0.4 is 11.1 Å². The Labute approximate surface area is 130 Å². The van der Waals surface area contributed by atoms with Crippen molar-refractivity contribution >= 4 is 18.3 Å². The molecule has 1 aromatic carbocycles. The number of nitrogens with two attached hydrogens (primary N) is 1. The van der Waals surface area contributed by atoms with Gasteiger partial charge in [0.1, 0.15) is 0 Å². The molecule has 1 heterocycles. The maximum atomic E-state index is 11.7. The molecule has 6 nitrogen and oxygen atoms in total. The van der Waals surface area contributed by atoms with Crippen LogP contribution in [0.15, 0.2) is 36.7 Å². The maximum Gasteiger partial charge on any atom is 0.222 e. The van der Waals surface area contributed by atoms with Gasteiger partial charge in [-0.15, -0.1) is 17.5 Å². The number of hydrogen-bond donors (Lipinski definition) is 2. The quantitative estimate of drug-likeness (QED) is 0.878. The second kappa shape index (κ2) is 7.75. The van der Waals surface area contributed by atoms with Crippen LogP contribution in [-0.4, -0.2) is 26.9 Å². The highest BCUT2D eigenvalue weighted by molar-refractivity contribution is 5.85. The van der Waals surface area contributed by atoms with Gasteiger partial charge in [0, 0.05) is 12.5 Å². The highest BCUT2D eigenvalue weighted by Crippen LogP contribution is 2.15. The summed E-state index contributed by atoms with van der Waals surface area (Å²) in [6, 6.07) is 7.64. The van der Waals surface area contributed by atoms with Crippen molar-refractivity contribution in [2.75, 3.05) is 0 Å². The lowest BCUT2D eigenvalue weighted by atomic mass is 10.1. The van der Waals surface area contributed by atoms with Crippen LogP contribution in [0.1, 0.15) is 31.9 Å². The molecule has 1 aromatic heterocycles. The smallest absolute Gasteiger partial charge is 0.222 e. The minimum atomic E-state index is -0.128. The summed E-state index contributed by atoms with van der Waals surface area (Å²) in [4.78, 5) is 11.7. The summed E-state index contributed by atoms with van der Waals surface area (Å²) in [6.45, 7) is 3.76. The van der Waals surface area contributed by atoms with E-state index in [0.29, 0.717) is 6.42 Å². The summed E-state index contributed by atoms with van der Waals surface area (Å²) in [5.74, 6) is -0.0344. The minimum Gasteiger partial charge on any atom is -0.350 e. The first-order valence-electron chi connectivity index (χ1n) is 6.58. The van der Waals surface area contributed by atoms with Gasteiger partial charge in [-0.3, -0.25) is 4.79 Å². The fraction of sp³-hybridized carbons (Fsp3) is 0.357. The molecule has 0 saturated carbocycles. The Kier molecular flexibility index (Phi) is 6.33. The van der Waals surface area contributed by atoms with Crippen LogP contribution in [0.3, 0.4) is 0 Å². The van der Waals surface area contributed by atoms with Gasteiger partial charge in [-0.25, -0.2) is 4.68 Å². The molecule has 0 saturated heterocycles. The highest BCUT2D eigenvalue weighted by Gasteiger charge is 2.11. The Bertz CT molecular complexity index is 553. The molecule has 114 valence electrons. The molecule has 0 aliphatic rings. The van der Waals surface area contributed by atoms with Crippen LogP contribution in [0.4, 0.5) is 0 Å². The van der Waals surface area contributed by atoms with Crippen LogP contribution in [0.25, 0.3) is 5.69 Å². The number of rotatable bonds is 5. The fourth-order valence-corrected chi connectivity index (χ4v) is 1.94. The molecule has 0 bridgehead atoms. The minimum absolute atomic E-state index is 0. The van der Waals surface area contributed by atoms with Crippen LogP contribution in [0.5, 0.6) is 0 Å². The third kappa shape index (κ3) is 4.84. The lowest BCUT2D eigenvalue weighted by molar-refractivity contribution is -0.122. The lowest BCUT2D eigenvalue weighted by Crippen LogP contribution is -2.31. The topological polar surface area (TPSA) is 85.8 Å². The summed E-state index contributed by atoms with van der Waals surface area (Å²) < 4.78 is 1.68. The number of amides is 1. The van der Waals surface area contributed by atoms with Gasteiger partial charge in [0.15, 0.2) is 0 Å². The van der Waals surface area contributed by atoms with Crippen molar-refractivity contribution < 1.29 is 4.79 Å². The van der Waals surface area contributed by atoms with Gasteiger partial charge in [0.25, 0.3) is 0 Å². The summed E-state index contributed by atoms with van der Waals surface area (Å²) >= 11 is 0. The highest BCUT2D eigenvalue weighted by atomic mass is 35.5. The van der Waals surface area contributed by atoms with Crippen molar-refractivity contribution in [1.82, 2.24) is 20.3 Å². The number of halogens is 1. The summed E-state index contributed by atoms with van der Waals surface area (Å²) in [5, 5.41) is 10.6. The van der Waals surface area contributed by atoms with E-state index in [4.69, 9.17) is 5.73 Å². The number of carbonyl (C=O) groups is 1. The molecule has 0 radical (unpaired) electrons. The number of aromatic nitrogens is 3. The second-order valence-electron chi connectivity index (χ2n) is 4.91. The van der Waals surface area contributed by atoms with E-state index < -0.39 is 0 Å². The predicted molar refractivity (Wildman–Crippen MR) is 83.4 cm³/mol. The van der Waals surface area contributed by atoms with Crippen molar-refractivity contribution in [3.8, 4) is 5.69 Å². The normalized spacial score (nSPS) is 13.1. The van der Waals surface area contributed by atoms with E-state index in [-0.39, 0.29) is 30.4 Å². The van der Waals surface area contributed by atoms with E-state index in [9.17, 15) is 4.79 Å². The zero-order valence-corrected chi connectivity index (χ0v) is 12.9. The Morgan fingerprint density at radius 2 is 2.00 bits per heavy atom. The largest absolute Gasteiger partial charge is 0.350 e. The zero-order chi connectivity index (χ0) is 14.5. The predicted octanol–water partition coefficient (Wildman–Crippen LogP) is 1.60. The van der Waals surface area contributed by atoms with Crippen molar-refractivity contribution in [3.63, 3.8) is 0 Å². The van der Waals surface area contributed by atoms with Gasteiger partial charge in [-0.05, 0) is 31.5 Å². The average Bonchev–Trinajstić information content (AvgIpc) is 2.91. The van der Waals surface area contributed by atoms with E-state index in [1.807, 2.05) is 38.1 Å². The number of carbonyl (C=O) groups excluding carboxylic acids is 1. The van der Waals surface area contributed by atoms with Crippen LogP contribution in [0.2, 0.25) is 0 Å². The molecule has 21 heavy (non-hydrogen) atoms. The van der Waals surface area contributed by atoms with Crippen molar-refractivity contribution in [3.05, 3.63) is 42.2 Å². The Hall–Kier alpha value is -1.92. The third-order valence-electron chi connectivity index (χ3n) is 2.97. The lowest BCUT2D eigenvalue weighted by Gasteiger charge is -2.15. The van der Waals surface area contributed by atoms with Crippen LogP contribution >= 0.6 is 12.4 Å². The number of hydrogen-bond acceptors (Lipinski definition) is 4. The van der Waals surface area contributed by atoms with Gasteiger partial charge >= 0.3 is 0 Å². The molecule has 2 rings (SSSR count). The molecule has 0 aliphatic heterocycles. The molecule has 1 amide bonds. The Morgan fingerprint density at radius 3 is 2.52 bits per heavy atom. The van der Waals surface area contributed by atoms with Gasteiger partial charge in [-0.2, -0.15) is 0 Å². The SMILES string of the molecule is CC(N)CC(=O)NC(C)c1ccc(-n2ccnn2)cc1.Cl. The van der Waals surface area contributed by atoms with E-state index in [0.717, 1.165) is 11.3 Å². The van der Waals surface area contributed by atoms with Crippen LogP contribution in [-0.2, 0) is 4.79 Å². The molecule has 3 N–H and O–H groups in total. The third-order valence-corrected chi connectivity index (χ3v) is 2.97. The zero-order valence-electron chi connectivity index (χ0n) is 12.1.